The van der Waals surface area contributed by atoms with Gasteiger partial charge < -0.3 is 36.0 Å². The van der Waals surface area contributed by atoms with Crippen LogP contribution in [0.15, 0.2) is 0 Å². The van der Waals surface area contributed by atoms with Gasteiger partial charge in [0.15, 0.2) is 5.60 Å². The number of hydrogen-bond acceptors (Lipinski definition) is 7. The Morgan fingerprint density at radius 3 is 2.19 bits per heavy atom. The van der Waals surface area contributed by atoms with Gasteiger partial charge in [-0.3, -0.25) is 5.41 Å². The van der Waals surface area contributed by atoms with E-state index in [2.05, 4.69) is 0 Å². The summed E-state index contributed by atoms with van der Waals surface area (Å²) in [4.78, 5) is 0. The van der Waals surface area contributed by atoms with Gasteiger partial charge in [-0.05, 0) is 0 Å². The van der Waals surface area contributed by atoms with Crippen LogP contribution in [0, 0.1) is 5.41 Å². The summed E-state index contributed by atoms with van der Waals surface area (Å²) in [6.45, 7) is -1.50. The summed E-state index contributed by atoms with van der Waals surface area (Å²) in [5.41, 5.74) is 2.82. The van der Waals surface area contributed by atoms with Gasteiger partial charge in [-0.1, -0.05) is 0 Å². The second kappa shape index (κ2) is 4.62. The van der Waals surface area contributed by atoms with E-state index in [0.29, 0.717) is 0 Å². The van der Waals surface area contributed by atoms with E-state index in [0.717, 1.165) is 0 Å². The van der Waals surface area contributed by atoms with Gasteiger partial charge in [-0.25, -0.2) is 0 Å². The molecule has 0 spiro atoms. The van der Waals surface area contributed by atoms with Gasteiger partial charge in [-0.2, -0.15) is 0 Å². The van der Waals surface area contributed by atoms with E-state index >= 15 is 0 Å². The Morgan fingerprint density at radius 2 is 1.88 bits per heavy atom. The van der Waals surface area contributed by atoms with E-state index in [1.807, 2.05) is 0 Å². The van der Waals surface area contributed by atoms with Crippen LogP contribution in [0.1, 0.15) is 0 Å². The third kappa shape index (κ3) is 1.90. The lowest BCUT2D eigenvalue weighted by atomic mass is 9.91. The molecule has 1 heterocycles. The highest BCUT2D eigenvalue weighted by Crippen LogP contribution is 2.29. The summed E-state index contributed by atoms with van der Waals surface area (Å²) in [7, 11) is 0. The quantitative estimate of drug-likeness (QED) is 0.194. The van der Waals surface area contributed by atoms with Crippen LogP contribution in [-0.4, -0.2) is 74.6 Å². The molecule has 0 amide bonds. The van der Waals surface area contributed by atoms with E-state index in [1.54, 1.807) is 0 Å². The summed E-state index contributed by atoms with van der Waals surface area (Å²) in [6, 6.07) is 0. The van der Waals surface area contributed by atoms with Crippen molar-refractivity contribution in [1.29, 1.82) is 5.41 Å². The largest absolute Gasteiger partial charge is 0.394 e. The molecule has 1 rings (SSSR count). The van der Waals surface area contributed by atoms with Crippen LogP contribution in [0.4, 0.5) is 0 Å². The van der Waals surface area contributed by atoms with Crippen molar-refractivity contribution < 1.29 is 30.3 Å². The predicted molar refractivity (Wildman–Crippen MR) is 51.7 cm³/mol. The minimum absolute atomic E-state index is 0.561. The average Bonchev–Trinajstić information content (AvgIpc) is 2.55. The first-order chi connectivity index (χ1) is 7.38. The summed E-state index contributed by atoms with van der Waals surface area (Å²) in [6.07, 6.45) is -5.50. The predicted octanol–water partition coefficient (Wildman–Crippen LogP) is -3.87. The smallest absolute Gasteiger partial charge is 0.172 e. The Balaban J connectivity index is 2.93. The first-order valence-electron chi connectivity index (χ1n) is 4.68. The van der Waals surface area contributed by atoms with Gasteiger partial charge >= 0.3 is 0 Å². The summed E-state index contributed by atoms with van der Waals surface area (Å²) >= 11 is 0. The number of nitrogens with two attached hydrogens (primary N) is 1. The molecule has 16 heavy (non-hydrogen) atoms. The van der Waals surface area contributed by atoms with Crippen molar-refractivity contribution in [3.05, 3.63) is 0 Å². The van der Waals surface area contributed by atoms with Gasteiger partial charge in [0.1, 0.15) is 30.3 Å². The van der Waals surface area contributed by atoms with Crippen molar-refractivity contribution in [1.82, 2.24) is 0 Å². The molecular formula is C8H16N2O6. The van der Waals surface area contributed by atoms with Gasteiger partial charge in [0, 0.05) is 0 Å². The number of aliphatic hydroxyl groups is 5. The molecule has 1 aliphatic heterocycles. The van der Waals surface area contributed by atoms with E-state index < -0.39 is 49.1 Å². The molecule has 1 saturated heterocycles. The fourth-order valence-corrected chi connectivity index (χ4v) is 1.62. The molecule has 8 nitrogen and oxygen atoms in total. The standard InChI is InChI=1S/C8H16N2O6/c9-7(10)8(15,2-12)6-5(14)4(13)3(1-11)16-6/h3-6,11-15H,1-2H2,(H3,9,10)/t3-,4-,5-,6?,8?/m1/s1. The molecule has 8 heteroatoms. The number of rotatable bonds is 4. The molecule has 1 aliphatic rings. The van der Waals surface area contributed by atoms with E-state index in [4.69, 9.17) is 26.1 Å². The van der Waals surface area contributed by atoms with E-state index in [-0.39, 0.29) is 0 Å². The number of nitrogens with one attached hydrogen (secondary N) is 1. The van der Waals surface area contributed by atoms with Crippen molar-refractivity contribution in [3.8, 4) is 0 Å². The van der Waals surface area contributed by atoms with Crippen molar-refractivity contribution in [2.24, 2.45) is 5.73 Å². The number of aliphatic hydroxyl groups excluding tert-OH is 4. The zero-order valence-electron chi connectivity index (χ0n) is 8.45. The Kier molecular flexibility index (Phi) is 3.84. The molecule has 2 unspecified atom stereocenters. The van der Waals surface area contributed by atoms with Gasteiger partial charge in [0.2, 0.25) is 0 Å². The lowest BCUT2D eigenvalue weighted by molar-refractivity contribution is -0.118. The minimum Gasteiger partial charge on any atom is -0.394 e. The maximum atomic E-state index is 9.82. The van der Waals surface area contributed by atoms with Crippen molar-refractivity contribution in [2.75, 3.05) is 13.2 Å². The first kappa shape index (κ1) is 13.3. The monoisotopic (exact) mass is 236 g/mol. The van der Waals surface area contributed by atoms with Crippen LogP contribution >= 0.6 is 0 Å². The summed E-state index contributed by atoms with van der Waals surface area (Å²) < 4.78 is 4.97. The first-order valence-corrected chi connectivity index (χ1v) is 4.68. The van der Waals surface area contributed by atoms with Gasteiger partial charge in [0.05, 0.1) is 13.2 Å². The molecule has 0 aromatic carbocycles. The number of ether oxygens (including phenoxy) is 1. The zero-order chi connectivity index (χ0) is 12.5. The molecule has 5 atom stereocenters. The topological polar surface area (TPSA) is 160 Å². The van der Waals surface area contributed by atoms with E-state index in [9.17, 15) is 15.3 Å². The molecule has 0 aromatic heterocycles. The molecular weight excluding hydrogens is 220 g/mol. The lowest BCUT2D eigenvalue weighted by Gasteiger charge is -2.32. The third-order valence-electron chi connectivity index (χ3n) is 2.72. The minimum atomic E-state index is -2.27. The van der Waals surface area contributed by atoms with Crippen molar-refractivity contribution in [2.45, 2.75) is 30.0 Å². The number of amidine groups is 1. The maximum absolute atomic E-state index is 9.82. The lowest BCUT2D eigenvalue weighted by Crippen LogP contribution is -2.59. The molecule has 0 aromatic rings. The average molecular weight is 236 g/mol. The Bertz CT molecular complexity index is 275. The van der Waals surface area contributed by atoms with Crippen LogP contribution < -0.4 is 5.73 Å². The van der Waals surface area contributed by atoms with Crippen LogP contribution in [0.5, 0.6) is 0 Å². The number of hydrogen-bond donors (Lipinski definition) is 7. The fourth-order valence-electron chi connectivity index (χ4n) is 1.62. The molecule has 0 aliphatic carbocycles. The van der Waals surface area contributed by atoms with Crippen LogP contribution in [0.3, 0.4) is 0 Å². The van der Waals surface area contributed by atoms with Gasteiger partial charge in [0.25, 0.3) is 0 Å². The molecule has 94 valence electrons. The Morgan fingerprint density at radius 1 is 1.31 bits per heavy atom. The second-order valence-corrected chi connectivity index (χ2v) is 3.75. The van der Waals surface area contributed by atoms with Gasteiger partial charge in [-0.15, -0.1) is 0 Å². The highest BCUT2D eigenvalue weighted by molar-refractivity contribution is 5.87. The van der Waals surface area contributed by atoms with E-state index in [1.165, 1.54) is 0 Å². The molecule has 0 radical (unpaired) electrons. The van der Waals surface area contributed by atoms with Crippen LogP contribution in [-0.2, 0) is 4.74 Å². The normalized spacial score (nSPS) is 38.3. The summed E-state index contributed by atoms with van der Waals surface area (Å²) in [5, 5.41) is 53.7. The molecule has 0 bridgehead atoms. The zero-order valence-corrected chi connectivity index (χ0v) is 8.45. The SMILES string of the molecule is N=C(N)C(O)(CO)C1O[C@H](CO)[C@@H](O)[C@H]1O. The molecule has 1 fully saturated rings. The fraction of sp³-hybridized carbons (Fsp3) is 0.875. The highest BCUT2D eigenvalue weighted by Gasteiger charge is 2.54. The van der Waals surface area contributed by atoms with Crippen molar-refractivity contribution in [3.63, 3.8) is 0 Å². The Labute approximate surface area is 91.4 Å². The molecule has 8 N–H and O–H groups in total. The highest BCUT2D eigenvalue weighted by atomic mass is 16.6. The maximum Gasteiger partial charge on any atom is 0.172 e. The van der Waals surface area contributed by atoms with Crippen LogP contribution in [0.2, 0.25) is 0 Å². The third-order valence-corrected chi connectivity index (χ3v) is 2.72. The van der Waals surface area contributed by atoms with Crippen LogP contribution in [0.25, 0.3) is 0 Å². The summed E-state index contributed by atoms with van der Waals surface area (Å²) in [5.74, 6) is -0.787. The van der Waals surface area contributed by atoms with Crippen molar-refractivity contribution >= 4 is 5.84 Å². The molecule has 0 saturated carbocycles. The Hall–Kier alpha value is -0.770. The second-order valence-electron chi connectivity index (χ2n) is 3.75.